The molecule has 2 unspecified atom stereocenters. The Morgan fingerprint density at radius 2 is 1.90 bits per heavy atom. The predicted octanol–water partition coefficient (Wildman–Crippen LogP) is 3.69. The summed E-state index contributed by atoms with van der Waals surface area (Å²) < 4.78 is 5.23. The van der Waals surface area contributed by atoms with Gasteiger partial charge >= 0.3 is 0 Å². The molecule has 0 heterocycles. The van der Waals surface area contributed by atoms with Crippen LogP contribution in [0.15, 0.2) is 24.3 Å². The molecule has 1 aromatic carbocycles. The van der Waals surface area contributed by atoms with Gasteiger partial charge in [-0.2, -0.15) is 0 Å². The second-order valence-corrected chi connectivity index (χ2v) is 6.18. The SMILES string of the molecule is CCCNC1CCCCC1CN(C)c1ccc(OC)cc1. The predicted molar refractivity (Wildman–Crippen MR) is 90.3 cm³/mol. The van der Waals surface area contributed by atoms with E-state index < -0.39 is 0 Å². The average Bonchev–Trinajstić information content (AvgIpc) is 2.54. The van der Waals surface area contributed by atoms with E-state index in [0.717, 1.165) is 24.8 Å². The molecular weight excluding hydrogens is 260 g/mol. The van der Waals surface area contributed by atoms with Gasteiger partial charge in [-0.05, 0) is 56.0 Å². The van der Waals surface area contributed by atoms with E-state index in [9.17, 15) is 0 Å². The Labute approximate surface area is 129 Å². The molecule has 1 fully saturated rings. The van der Waals surface area contributed by atoms with Crippen molar-refractivity contribution in [1.29, 1.82) is 0 Å². The van der Waals surface area contributed by atoms with Gasteiger partial charge in [0, 0.05) is 25.3 Å². The molecule has 1 N–H and O–H groups in total. The van der Waals surface area contributed by atoms with Gasteiger partial charge in [-0.15, -0.1) is 0 Å². The molecule has 1 aromatic rings. The van der Waals surface area contributed by atoms with Crippen molar-refractivity contribution in [3.8, 4) is 5.75 Å². The topological polar surface area (TPSA) is 24.5 Å². The Balaban J connectivity index is 1.93. The molecule has 118 valence electrons. The molecule has 1 saturated carbocycles. The van der Waals surface area contributed by atoms with Crippen molar-refractivity contribution in [2.45, 2.75) is 45.1 Å². The quantitative estimate of drug-likeness (QED) is 0.829. The molecule has 0 amide bonds. The van der Waals surface area contributed by atoms with Crippen LogP contribution in [0.1, 0.15) is 39.0 Å². The molecule has 0 spiro atoms. The molecule has 0 radical (unpaired) electrons. The van der Waals surface area contributed by atoms with Crippen molar-refractivity contribution in [2.24, 2.45) is 5.92 Å². The first kappa shape index (κ1) is 16.2. The Kier molecular flexibility index (Phi) is 6.37. The fourth-order valence-corrected chi connectivity index (χ4v) is 3.32. The van der Waals surface area contributed by atoms with Crippen LogP contribution in [0.25, 0.3) is 0 Å². The Hall–Kier alpha value is -1.22. The van der Waals surface area contributed by atoms with Crippen molar-refractivity contribution < 1.29 is 4.74 Å². The van der Waals surface area contributed by atoms with Gasteiger partial charge in [-0.25, -0.2) is 0 Å². The molecule has 1 aliphatic rings. The van der Waals surface area contributed by atoms with Crippen LogP contribution in [0, 0.1) is 5.92 Å². The molecule has 0 aliphatic heterocycles. The summed E-state index contributed by atoms with van der Waals surface area (Å²) in [6.45, 7) is 4.52. The number of nitrogens with zero attached hydrogens (tertiary/aromatic N) is 1. The number of hydrogen-bond donors (Lipinski definition) is 1. The second kappa shape index (κ2) is 8.28. The third-order valence-corrected chi connectivity index (χ3v) is 4.59. The fourth-order valence-electron chi connectivity index (χ4n) is 3.32. The van der Waals surface area contributed by atoms with Gasteiger partial charge in [0.05, 0.1) is 7.11 Å². The van der Waals surface area contributed by atoms with E-state index in [1.54, 1.807) is 7.11 Å². The first-order valence-electron chi connectivity index (χ1n) is 8.33. The first-order valence-corrected chi connectivity index (χ1v) is 8.33. The summed E-state index contributed by atoms with van der Waals surface area (Å²) in [5.74, 6) is 1.68. The van der Waals surface area contributed by atoms with Gasteiger partial charge in [0.15, 0.2) is 0 Å². The van der Waals surface area contributed by atoms with Crippen LogP contribution in [0.5, 0.6) is 5.75 Å². The van der Waals surface area contributed by atoms with Crippen LogP contribution < -0.4 is 15.0 Å². The molecule has 0 bridgehead atoms. The minimum atomic E-state index is 0.694. The second-order valence-electron chi connectivity index (χ2n) is 6.18. The minimum Gasteiger partial charge on any atom is -0.497 e. The van der Waals surface area contributed by atoms with Crippen molar-refractivity contribution in [3.05, 3.63) is 24.3 Å². The molecule has 3 heteroatoms. The number of hydrogen-bond acceptors (Lipinski definition) is 3. The fraction of sp³-hybridized carbons (Fsp3) is 0.667. The van der Waals surface area contributed by atoms with Gasteiger partial charge in [0.25, 0.3) is 0 Å². The van der Waals surface area contributed by atoms with E-state index in [4.69, 9.17) is 4.74 Å². The van der Waals surface area contributed by atoms with Crippen molar-refractivity contribution in [3.63, 3.8) is 0 Å². The maximum absolute atomic E-state index is 5.23. The summed E-state index contributed by atoms with van der Waals surface area (Å²) >= 11 is 0. The Morgan fingerprint density at radius 1 is 1.19 bits per heavy atom. The highest BCUT2D eigenvalue weighted by Gasteiger charge is 2.25. The minimum absolute atomic E-state index is 0.694. The lowest BCUT2D eigenvalue weighted by molar-refractivity contribution is 0.266. The monoisotopic (exact) mass is 290 g/mol. The summed E-state index contributed by atoms with van der Waals surface area (Å²) in [6.07, 6.45) is 6.66. The lowest BCUT2D eigenvalue weighted by atomic mass is 9.84. The Morgan fingerprint density at radius 3 is 2.57 bits per heavy atom. The number of nitrogens with one attached hydrogen (secondary N) is 1. The zero-order valence-corrected chi connectivity index (χ0v) is 13.8. The van der Waals surface area contributed by atoms with Gasteiger partial charge in [0.2, 0.25) is 0 Å². The van der Waals surface area contributed by atoms with Crippen molar-refractivity contribution >= 4 is 5.69 Å². The third kappa shape index (κ3) is 4.63. The Bertz CT molecular complexity index is 404. The number of benzene rings is 1. The lowest BCUT2D eigenvalue weighted by Crippen LogP contribution is -2.43. The largest absolute Gasteiger partial charge is 0.497 e. The average molecular weight is 290 g/mol. The van der Waals surface area contributed by atoms with E-state index in [-0.39, 0.29) is 0 Å². The van der Waals surface area contributed by atoms with Crippen LogP contribution in [-0.2, 0) is 0 Å². The van der Waals surface area contributed by atoms with Gasteiger partial charge in [-0.3, -0.25) is 0 Å². The molecular formula is C18H30N2O. The summed E-state index contributed by atoms with van der Waals surface area (Å²) in [5, 5.41) is 3.75. The van der Waals surface area contributed by atoms with E-state index >= 15 is 0 Å². The van der Waals surface area contributed by atoms with Crippen LogP contribution in [0.4, 0.5) is 5.69 Å². The van der Waals surface area contributed by atoms with Gasteiger partial charge in [0.1, 0.15) is 5.75 Å². The van der Waals surface area contributed by atoms with Gasteiger partial charge in [-0.1, -0.05) is 19.8 Å². The summed E-state index contributed by atoms with van der Waals surface area (Å²) in [6, 6.07) is 9.07. The molecule has 2 rings (SSSR count). The van der Waals surface area contributed by atoms with E-state index in [1.807, 2.05) is 12.1 Å². The summed E-state index contributed by atoms with van der Waals surface area (Å²) in [4.78, 5) is 2.38. The molecule has 1 aliphatic carbocycles. The normalized spacial score (nSPS) is 22.0. The highest BCUT2D eigenvalue weighted by Crippen LogP contribution is 2.27. The maximum Gasteiger partial charge on any atom is 0.119 e. The number of anilines is 1. The zero-order chi connectivity index (χ0) is 15.1. The molecule has 21 heavy (non-hydrogen) atoms. The van der Waals surface area contributed by atoms with Crippen molar-refractivity contribution in [2.75, 3.05) is 32.1 Å². The third-order valence-electron chi connectivity index (χ3n) is 4.59. The van der Waals surface area contributed by atoms with E-state index in [0.29, 0.717) is 6.04 Å². The lowest BCUT2D eigenvalue weighted by Gasteiger charge is -2.35. The summed E-state index contributed by atoms with van der Waals surface area (Å²) in [7, 11) is 3.91. The molecule has 2 atom stereocenters. The maximum atomic E-state index is 5.23. The first-order chi connectivity index (χ1) is 10.2. The van der Waals surface area contributed by atoms with E-state index in [2.05, 4.69) is 36.3 Å². The molecule has 0 aromatic heterocycles. The molecule has 0 saturated heterocycles. The van der Waals surface area contributed by atoms with Crippen LogP contribution in [0.2, 0.25) is 0 Å². The number of ether oxygens (including phenoxy) is 1. The molecule has 3 nitrogen and oxygen atoms in total. The highest BCUT2D eigenvalue weighted by molar-refractivity contribution is 5.48. The zero-order valence-electron chi connectivity index (χ0n) is 13.8. The van der Waals surface area contributed by atoms with Crippen LogP contribution >= 0.6 is 0 Å². The van der Waals surface area contributed by atoms with Gasteiger partial charge < -0.3 is 15.0 Å². The van der Waals surface area contributed by atoms with E-state index in [1.165, 1.54) is 37.8 Å². The van der Waals surface area contributed by atoms with Crippen LogP contribution in [0.3, 0.4) is 0 Å². The summed E-state index contributed by atoms with van der Waals surface area (Å²) in [5.41, 5.74) is 1.27. The smallest absolute Gasteiger partial charge is 0.119 e. The standard InChI is InChI=1S/C18H30N2O/c1-4-13-19-18-8-6-5-7-15(18)14-20(2)16-9-11-17(21-3)12-10-16/h9-12,15,18-19H,4-8,13-14H2,1-3H3. The number of rotatable bonds is 7. The highest BCUT2D eigenvalue weighted by atomic mass is 16.5. The number of methoxy groups -OCH3 is 1. The van der Waals surface area contributed by atoms with Crippen LogP contribution in [-0.4, -0.2) is 33.3 Å². The van der Waals surface area contributed by atoms with Crippen molar-refractivity contribution in [1.82, 2.24) is 5.32 Å².